The molecule has 1 amide bonds. The standard InChI is InChI=1S/C12H22N2O/c1-13-11-6-4-10(5-7-11)12(15)14-8-2-3-9-14/h10-11,13H,2-9H2,1H3/t10-,11+. The Hall–Kier alpha value is -0.570. The molecule has 2 rings (SSSR count). The fourth-order valence-electron chi connectivity index (χ4n) is 2.82. The fourth-order valence-corrected chi connectivity index (χ4v) is 2.82. The van der Waals surface area contributed by atoms with Gasteiger partial charge in [0.2, 0.25) is 5.91 Å². The number of nitrogens with zero attached hydrogens (tertiary/aromatic N) is 1. The number of carbonyl (C=O) groups is 1. The van der Waals surface area contributed by atoms with Crippen LogP contribution in [0.2, 0.25) is 0 Å². The van der Waals surface area contributed by atoms with Crippen LogP contribution in [0.4, 0.5) is 0 Å². The molecular formula is C12H22N2O. The molecule has 1 aliphatic heterocycles. The molecule has 3 nitrogen and oxygen atoms in total. The summed E-state index contributed by atoms with van der Waals surface area (Å²) in [6.45, 7) is 2.01. The average molecular weight is 210 g/mol. The molecule has 86 valence electrons. The summed E-state index contributed by atoms with van der Waals surface area (Å²) in [5.41, 5.74) is 0. The van der Waals surface area contributed by atoms with E-state index >= 15 is 0 Å². The molecule has 0 aromatic carbocycles. The highest BCUT2D eigenvalue weighted by Crippen LogP contribution is 2.26. The molecule has 1 saturated carbocycles. The molecule has 1 N–H and O–H groups in total. The van der Waals surface area contributed by atoms with Crippen LogP contribution in [0, 0.1) is 5.92 Å². The zero-order chi connectivity index (χ0) is 10.7. The molecule has 0 aromatic rings. The van der Waals surface area contributed by atoms with Gasteiger partial charge in [0, 0.05) is 25.0 Å². The number of rotatable bonds is 2. The van der Waals surface area contributed by atoms with E-state index in [2.05, 4.69) is 10.2 Å². The summed E-state index contributed by atoms with van der Waals surface area (Å²) in [6, 6.07) is 0.646. The molecule has 0 spiro atoms. The van der Waals surface area contributed by atoms with Gasteiger partial charge in [0.1, 0.15) is 0 Å². The van der Waals surface area contributed by atoms with Crippen LogP contribution in [0.15, 0.2) is 0 Å². The largest absolute Gasteiger partial charge is 0.342 e. The van der Waals surface area contributed by atoms with Gasteiger partial charge in [0.25, 0.3) is 0 Å². The van der Waals surface area contributed by atoms with Gasteiger partial charge in [-0.1, -0.05) is 0 Å². The van der Waals surface area contributed by atoms with E-state index in [9.17, 15) is 4.79 Å². The second-order valence-electron chi connectivity index (χ2n) is 4.87. The van der Waals surface area contributed by atoms with E-state index in [1.165, 1.54) is 25.7 Å². The highest BCUT2D eigenvalue weighted by atomic mass is 16.2. The molecule has 1 aliphatic carbocycles. The first-order valence-electron chi connectivity index (χ1n) is 6.27. The quantitative estimate of drug-likeness (QED) is 0.747. The molecule has 0 unspecified atom stereocenters. The molecule has 0 bridgehead atoms. The molecule has 1 heterocycles. The Labute approximate surface area is 92.2 Å². The second kappa shape index (κ2) is 4.97. The van der Waals surface area contributed by atoms with Crippen LogP contribution in [-0.4, -0.2) is 37.0 Å². The predicted molar refractivity (Wildman–Crippen MR) is 60.6 cm³/mol. The Morgan fingerprint density at radius 1 is 1.13 bits per heavy atom. The van der Waals surface area contributed by atoms with Gasteiger partial charge in [-0.3, -0.25) is 4.79 Å². The molecule has 1 saturated heterocycles. The van der Waals surface area contributed by atoms with E-state index in [1.807, 2.05) is 7.05 Å². The van der Waals surface area contributed by atoms with Crippen LogP contribution >= 0.6 is 0 Å². The van der Waals surface area contributed by atoms with Crippen LogP contribution in [-0.2, 0) is 4.79 Å². The Kier molecular flexibility index (Phi) is 3.62. The average Bonchev–Trinajstić information content (AvgIpc) is 2.82. The molecule has 3 heteroatoms. The van der Waals surface area contributed by atoms with Crippen molar-refractivity contribution in [1.82, 2.24) is 10.2 Å². The lowest BCUT2D eigenvalue weighted by Gasteiger charge is -2.30. The minimum Gasteiger partial charge on any atom is -0.342 e. The van der Waals surface area contributed by atoms with Crippen LogP contribution in [0.1, 0.15) is 38.5 Å². The van der Waals surface area contributed by atoms with Gasteiger partial charge >= 0.3 is 0 Å². The van der Waals surface area contributed by atoms with E-state index in [0.29, 0.717) is 17.9 Å². The third-order valence-corrected chi connectivity index (χ3v) is 3.90. The molecule has 2 fully saturated rings. The van der Waals surface area contributed by atoms with E-state index in [4.69, 9.17) is 0 Å². The second-order valence-corrected chi connectivity index (χ2v) is 4.87. The predicted octanol–water partition coefficient (Wildman–Crippen LogP) is 1.39. The first-order chi connectivity index (χ1) is 7.31. The third kappa shape index (κ3) is 2.51. The summed E-state index contributed by atoms with van der Waals surface area (Å²) >= 11 is 0. The zero-order valence-corrected chi connectivity index (χ0v) is 9.67. The van der Waals surface area contributed by atoms with Crippen LogP contribution < -0.4 is 5.32 Å². The number of amides is 1. The Bertz CT molecular complexity index is 216. The first-order valence-corrected chi connectivity index (χ1v) is 6.27. The normalized spacial score (nSPS) is 31.9. The molecule has 0 aromatic heterocycles. The molecule has 15 heavy (non-hydrogen) atoms. The molecular weight excluding hydrogens is 188 g/mol. The summed E-state index contributed by atoms with van der Waals surface area (Å²) in [5, 5.41) is 3.31. The van der Waals surface area contributed by atoms with Crippen LogP contribution in [0.3, 0.4) is 0 Å². The van der Waals surface area contributed by atoms with E-state index < -0.39 is 0 Å². The number of nitrogens with one attached hydrogen (secondary N) is 1. The number of hydrogen-bond acceptors (Lipinski definition) is 2. The van der Waals surface area contributed by atoms with Crippen molar-refractivity contribution in [3.8, 4) is 0 Å². The van der Waals surface area contributed by atoms with E-state index in [0.717, 1.165) is 25.9 Å². The Morgan fingerprint density at radius 2 is 1.73 bits per heavy atom. The van der Waals surface area contributed by atoms with Crippen molar-refractivity contribution < 1.29 is 4.79 Å². The maximum atomic E-state index is 12.1. The topological polar surface area (TPSA) is 32.3 Å². The van der Waals surface area contributed by atoms with Crippen LogP contribution in [0.5, 0.6) is 0 Å². The summed E-state index contributed by atoms with van der Waals surface area (Å²) in [5.74, 6) is 0.759. The van der Waals surface area contributed by atoms with E-state index in [1.54, 1.807) is 0 Å². The van der Waals surface area contributed by atoms with Gasteiger partial charge < -0.3 is 10.2 Å². The smallest absolute Gasteiger partial charge is 0.225 e. The molecule has 0 radical (unpaired) electrons. The summed E-state index contributed by atoms with van der Waals surface area (Å²) in [6.07, 6.45) is 6.92. The zero-order valence-electron chi connectivity index (χ0n) is 9.67. The van der Waals surface area contributed by atoms with Gasteiger partial charge in [0.05, 0.1) is 0 Å². The lowest BCUT2D eigenvalue weighted by Crippen LogP contribution is -2.38. The summed E-state index contributed by atoms with van der Waals surface area (Å²) in [7, 11) is 2.02. The van der Waals surface area contributed by atoms with Crippen molar-refractivity contribution in [2.45, 2.75) is 44.6 Å². The maximum Gasteiger partial charge on any atom is 0.225 e. The van der Waals surface area contributed by atoms with Crippen molar-refractivity contribution >= 4 is 5.91 Å². The number of likely N-dealkylation sites (tertiary alicyclic amines) is 1. The van der Waals surface area contributed by atoms with Gasteiger partial charge in [-0.25, -0.2) is 0 Å². The van der Waals surface area contributed by atoms with Gasteiger partial charge in [-0.2, -0.15) is 0 Å². The van der Waals surface area contributed by atoms with Crippen molar-refractivity contribution in [2.75, 3.05) is 20.1 Å². The summed E-state index contributed by atoms with van der Waals surface area (Å²) in [4.78, 5) is 14.2. The van der Waals surface area contributed by atoms with Gasteiger partial charge in [-0.15, -0.1) is 0 Å². The molecule has 0 atom stereocenters. The van der Waals surface area contributed by atoms with Crippen molar-refractivity contribution in [1.29, 1.82) is 0 Å². The SMILES string of the molecule is CN[C@H]1CC[C@@H](C(=O)N2CCCC2)CC1. The van der Waals surface area contributed by atoms with E-state index in [-0.39, 0.29) is 0 Å². The van der Waals surface area contributed by atoms with Crippen molar-refractivity contribution in [2.24, 2.45) is 5.92 Å². The fraction of sp³-hybridized carbons (Fsp3) is 0.917. The monoisotopic (exact) mass is 210 g/mol. The number of carbonyl (C=O) groups excluding carboxylic acids is 1. The highest BCUT2D eigenvalue weighted by Gasteiger charge is 2.29. The van der Waals surface area contributed by atoms with Crippen molar-refractivity contribution in [3.63, 3.8) is 0 Å². The Morgan fingerprint density at radius 3 is 2.27 bits per heavy atom. The highest BCUT2D eigenvalue weighted by molar-refractivity contribution is 5.79. The van der Waals surface area contributed by atoms with Gasteiger partial charge in [-0.05, 0) is 45.6 Å². The third-order valence-electron chi connectivity index (χ3n) is 3.90. The summed E-state index contributed by atoms with van der Waals surface area (Å²) < 4.78 is 0. The Balaban J connectivity index is 1.81. The maximum absolute atomic E-state index is 12.1. The molecule has 2 aliphatic rings. The minimum atomic E-state index is 0.327. The van der Waals surface area contributed by atoms with Crippen LogP contribution in [0.25, 0.3) is 0 Å². The van der Waals surface area contributed by atoms with Crippen molar-refractivity contribution in [3.05, 3.63) is 0 Å². The number of hydrogen-bond donors (Lipinski definition) is 1. The minimum absolute atomic E-state index is 0.327. The lowest BCUT2D eigenvalue weighted by atomic mass is 9.85. The van der Waals surface area contributed by atoms with Gasteiger partial charge in [0.15, 0.2) is 0 Å². The first kappa shape index (κ1) is 10.9. The lowest BCUT2D eigenvalue weighted by molar-refractivity contribution is -0.135.